The molecule has 1 heterocycles. The van der Waals surface area contributed by atoms with Crippen molar-refractivity contribution >= 4 is 23.0 Å². The van der Waals surface area contributed by atoms with Gasteiger partial charge in [-0.05, 0) is 18.6 Å². The highest BCUT2D eigenvalue weighted by Crippen LogP contribution is 2.31. The fraction of sp³-hybridized carbons (Fsp3) is 0.0909. The number of ether oxygens (including phenoxy) is 1. The van der Waals surface area contributed by atoms with Crippen molar-refractivity contribution in [2.45, 2.75) is 6.92 Å². The predicted octanol–water partition coefficient (Wildman–Crippen LogP) is 2.72. The van der Waals surface area contributed by atoms with Gasteiger partial charge < -0.3 is 10.5 Å². The molecule has 0 bridgehead atoms. The molecule has 0 spiro atoms. The average Bonchev–Trinajstić information content (AvgIpc) is 2.37. The van der Waals surface area contributed by atoms with Crippen LogP contribution in [0.1, 0.15) is 5.56 Å². The minimum Gasteiger partial charge on any atom is -0.437 e. The lowest BCUT2D eigenvalue weighted by molar-refractivity contribution is -0.384. The van der Waals surface area contributed by atoms with Gasteiger partial charge in [-0.15, -0.1) is 0 Å². The van der Waals surface area contributed by atoms with Crippen LogP contribution in [0.15, 0.2) is 24.5 Å². The molecule has 0 amide bonds. The molecule has 0 aliphatic heterocycles. The number of nitro benzene ring substituents is 1. The molecule has 7 nitrogen and oxygen atoms in total. The Morgan fingerprint density at radius 2 is 2.16 bits per heavy atom. The van der Waals surface area contributed by atoms with Gasteiger partial charge in [0.25, 0.3) is 5.69 Å². The van der Waals surface area contributed by atoms with Gasteiger partial charge in [0.15, 0.2) is 5.15 Å². The van der Waals surface area contributed by atoms with E-state index in [1.807, 2.05) is 0 Å². The number of hydrogen-bond donors (Lipinski definition) is 1. The molecule has 0 aliphatic carbocycles. The van der Waals surface area contributed by atoms with Gasteiger partial charge in [0.05, 0.1) is 4.92 Å². The number of nitrogens with two attached hydrogens (primary N) is 1. The lowest BCUT2D eigenvalue weighted by Gasteiger charge is -2.09. The van der Waals surface area contributed by atoms with Crippen molar-refractivity contribution in [2.75, 3.05) is 5.73 Å². The van der Waals surface area contributed by atoms with Gasteiger partial charge >= 0.3 is 0 Å². The minimum absolute atomic E-state index is 0.0152. The third-order valence-corrected chi connectivity index (χ3v) is 2.68. The van der Waals surface area contributed by atoms with E-state index >= 15 is 0 Å². The maximum absolute atomic E-state index is 10.6. The van der Waals surface area contributed by atoms with Crippen LogP contribution in [0.25, 0.3) is 0 Å². The zero-order valence-electron chi connectivity index (χ0n) is 9.83. The smallest absolute Gasteiger partial charge is 0.269 e. The molecule has 8 heteroatoms. The molecule has 1 aromatic heterocycles. The summed E-state index contributed by atoms with van der Waals surface area (Å²) >= 11 is 5.74. The quantitative estimate of drug-likeness (QED) is 0.526. The standard InChI is InChI=1S/C11H9ClN4O3/c1-6-4-7(16(17)18)2-3-8(6)19-11-9(13)10(12)14-5-15-11/h2-5H,13H2,1H3. The van der Waals surface area contributed by atoms with Crippen LogP contribution >= 0.6 is 11.6 Å². The number of benzene rings is 1. The highest BCUT2D eigenvalue weighted by molar-refractivity contribution is 6.32. The Kier molecular flexibility index (Phi) is 3.48. The maximum Gasteiger partial charge on any atom is 0.269 e. The Morgan fingerprint density at radius 3 is 2.79 bits per heavy atom. The second-order valence-corrected chi connectivity index (χ2v) is 4.05. The summed E-state index contributed by atoms with van der Waals surface area (Å²) in [6.07, 6.45) is 1.22. The molecule has 0 atom stereocenters. The first-order valence-electron chi connectivity index (χ1n) is 5.18. The fourth-order valence-corrected chi connectivity index (χ4v) is 1.53. The van der Waals surface area contributed by atoms with E-state index in [2.05, 4.69) is 9.97 Å². The highest BCUT2D eigenvalue weighted by atomic mass is 35.5. The molecular formula is C11H9ClN4O3. The van der Waals surface area contributed by atoms with Gasteiger partial charge in [0, 0.05) is 12.1 Å². The van der Waals surface area contributed by atoms with E-state index in [4.69, 9.17) is 22.1 Å². The first-order valence-corrected chi connectivity index (χ1v) is 5.55. The number of aryl methyl sites for hydroxylation is 1. The van der Waals surface area contributed by atoms with Crippen LogP contribution in [0, 0.1) is 17.0 Å². The van der Waals surface area contributed by atoms with E-state index in [0.717, 1.165) is 0 Å². The molecule has 19 heavy (non-hydrogen) atoms. The summed E-state index contributed by atoms with van der Waals surface area (Å²) in [5.74, 6) is 0.518. The first kappa shape index (κ1) is 13.0. The number of nitro groups is 1. The van der Waals surface area contributed by atoms with Gasteiger partial charge in [-0.25, -0.2) is 4.98 Å². The predicted molar refractivity (Wildman–Crippen MR) is 69.4 cm³/mol. The van der Waals surface area contributed by atoms with Crippen molar-refractivity contribution in [2.24, 2.45) is 0 Å². The summed E-state index contributed by atoms with van der Waals surface area (Å²) in [6.45, 7) is 1.68. The summed E-state index contributed by atoms with van der Waals surface area (Å²) < 4.78 is 5.47. The average molecular weight is 281 g/mol. The topological polar surface area (TPSA) is 104 Å². The minimum atomic E-state index is -0.479. The summed E-state index contributed by atoms with van der Waals surface area (Å²) in [4.78, 5) is 17.7. The number of aromatic nitrogens is 2. The molecule has 0 unspecified atom stereocenters. The molecular weight excluding hydrogens is 272 g/mol. The maximum atomic E-state index is 10.6. The van der Waals surface area contributed by atoms with Crippen LogP contribution in [0.3, 0.4) is 0 Å². The molecule has 1 aromatic carbocycles. The number of nitrogen functional groups attached to an aromatic ring is 1. The van der Waals surface area contributed by atoms with Gasteiger partial charge in [0.2, 0.25) is 5.88 Å². The van der Waals surface area contributed by atoms with Crippen molar-refractivity contribution in [1.82, 2.24) is 9.97 Å². The normalized spacial score (nSPS) is 10.2. The summed E-state index contributed by atoms with van der Waals surface area (Å²) in [5.41, 5.74) is 6.35. The van der Waals surface area contributed by atoms with Crippen molar-refractivity contribution in [1.29, 1.82) is 0 Å². The van der Waals surface area contributed by atoms with Crippen molar-refractivity contribution in [3.05, 3.63) is 45.4 Å². The van der Waals surface area contributed by atoms with E-state index in [-0.39, 0.29) is 22.4 Å². The van der Waals surface area contributed by atoms with Gasteiger partial charge in [-0.1, -0.05) is 11.6 Å². The first-order chi connectivity index (χ1) is 8.99. The van der Waals surface area contributed by atoms with E-state index < -0.39 is 4.92 Å². The summed E-state index contributed by atoms with van der Waals surface area (Å²) in [5, 5.41) is 10.7. The summed E-state index contributed by atoms with van der Waals surface area (Å²) in [6, 6.07) is 4.21. The zero-order chi connectivity index (χ0) is 14.0. The molecule has 0 saturated heterocycles. The molecule has 0 saturated carbocycles. The SMILES string of the molecule is Cc1cc([N+](=O)[O-])ccc1Oc1ncnc(Cl)c1N. The molecule has 0 fully saturated rings. The van der Waals surface area contributed by atoms with Crippen LogP contribution in [0.2, 0.25) is 5.15 Å². The Hall–Kier alpha value is -2.41. The molecule has 0 radical (unpaired) electrons. The number of non-ortho nitro benzene ring substituents is 1. The van der Waals surface area contributed by atoms with E-state index in [9.17, 15) is 10.1 Å². The van der Waals surface area contributed by atoms with E-state index in [0.29, 0.717) is 11.3 Å². The Morgan fingerprint density at radius 1 is 1.42 bits per heavy atom. The zero-order valence-corrected chi connectivity index (χ0v) is 10.6. The number of halogens is 1. The van der Waals surface area contributed by atoms with Crippen molar-refractivity contribution < 1.29 is 9.66 Å². The van der Waals surface area contributed by atoms with Crippen molar-refractivity contribution in [3.8, 4) is 11.6 Å². The Labute approximate surface area is 113 Å². The Balaban J connectivity index is 2.34. The monoisotopic (exact) mass is 280 g/mol. The van der Waals surface area contributed by atoms with Gasteiger partial charge in [-0.2, -0.15) is 4.98 Å². The fourth-order valence-electron chi connectivity index (χ4n) is 1.41. The Bertz CT molecular complexity index is 648. The lowest BCUT2D eigenvalue weighted by Crippen LogP contribution is -1.98. The number of rotatable bonds is 3. The van der Waals surface area contributed by atoms with E-state index in [1.54, 1.807) is 6.92 Å². The van der Waals surface area contributed by atoms with Crippen molar-refractivity contribution in [3.63, 3.8) is 0 Å². The van der Waals surface area contributed by atoms with E-state index in [1.165, 1.54) is 24.5 Å². The third kappa shape index (κ3) is 2.71. The van der Waals surface area contributed by atoms with Crippen LogP contribution in [0.4, 0.5) is 11.4 Å². The molecule has 0 aliphatic rings. The second-order valence-electron chi connectivity index (χ2n) is 3.69. The van der Waals surface area contributed by atoms with Gasteiger partial charge in [0.1, 0.15) is 17.8 Å². The molecule has 2 N–H and O–H groups in total. The number of anilines is 1. The molecule has 2 aromatic rings. The largest absolute Gasteiger partial charge is 0.437 e. The highest BCUT2D eigenvalue weighted by Gasteiger charge is 2.12. The molecule has 2 rings (SSSR count). The molecule has 98 valence electrons. The van der Waals surface area contributed by atoms with Crippen LogP contribution in [0.5, 0.6) is 11.6 Å². The van der Waals surface area contributed by atoms with Crippen LogP contribution < -0.4 is 10.5 Å². The number of nitrogens with zero attached hydrogens (tertiary/aromatic N) is 3. The summed E-state index contributed by atoms with van der Waals surface area (Å²) in [7, 11) is 0. The van der Waals surface area contributed by atoms with Gasteiger partial charge in [-0.3, -0.25) is 10.1 Å². The lowest BCUT2D eigenvalue weighted by atomic mass is 10.2. The van der Waals surface area contributed by atoms with Crippen LogP contribution in [-0.4, -0.2) is 14.9 Å². The second kappa shape index (κ2) is 5.07. The van der Waals surface area contributed by atoms with Crippen LogP contribution in [-0.2, 0) is 0 Å². The number of hydrogen-bond acceptors (Lipinski definition) is 6. The third-order valence-electron chi connectivity index (χ3n) is 2.37.